The largest absolute Gasteiger partial charge is 0.347 e. The van der Waals surface area contributed by atoms with Gasteiger partial charge in [0, 0.05) is 23.3 Å². The van der Waals surface area contributed by atoms with E-state index in [-0.39, 0.29) is 12.0 Å². The molecule has 1 unspecified atom stereocenters. The van der Waals surface area contributed by atoms with E-state index in [1.165, 1.54) is 5.56 Å². The van der Waals surface area contributed by atoms with Gasteiger partial charge in [-0.3, -0.25) is 0 Å². The second kappa shape index (κ2) is 6.12. The zero-order valence-corrected chi connectivity index (χ0v) is 11.3. The Balaban J connectivity index is 2.29. The second-order valence-corrected chi connectivity index (χ2v) is 4.94. The van der Waals surface area contributed by atoms with Gasteiger partial charge in [-0.2, -0.15) is 0 Å². The predicted molar refractivity (Wildman–Crippen MR) is 76.7 cm³/mol. The maximum Gasteiger partial charge on any atom is 0.0800 e. The molecule has 0 N–H and O–H groups in total. The van der Waals surface area contributed by atoms with Crippen molar-refractivity contribution in [1.29, 1.82) is 0 Å². The van der Waals surface area contributed by atoms with Gasteiger partial charge in [0.05, 0.1) is 6.04 Å². The molecule has 1 aromatic heterocycles. The van der Waals surface area contributed by atoms with Gasteiger partial charge in [0.15, 0.2) is 0 Å². The topological polar surface area (TPSA) is 53.7 Å². The summed E-state index contributed by atoms with van der Waals surface area (Å²) in [6.07, 6.45) is 2.03. The molecule has 2 aromatic rings. The molecular formula is C15H18N4. The van der Waals surface area contributed by atoms with Gasteiger partial charge in [-0.15, -0.1) is 0 Å². The first-order valence-electron chi connectivity index (χ1n) is 6.45. The van der Waals surface area contributed by atoms with Crippen LogP contribution >= 0.6 is 0 Å². The average molecular weight is 254 g/mol. The smallest absolute Gasteiger partial charge is 0.0800 e. The number of hydrogen-bond acceptors (Lipinski definition) is 1. The van der Waals surface area contributed by atoms with E-state index >= 15 is 0 Å². The van der Waals surface area contributed by atoms with Crippen molar-refractivity contribution in [3.63, 3.8) is 0 Å². The lowest BCUT2D eigenvalue weighted by Crippen LogP contribution is -2.11. The van der Waals surface area contributed by atoms with Crippen LogP contribution in [0, 0.1) is 5.92 Å². The van der Waals surface area contributed by atoms with Crippen LogP contribution in [-0.2, 0) is 6.54 Å². The molecule has 1 heterocycles. The highest BCUT2D eigenvalue weighted by Crippen LogP contribution is 2.27. The molecule has 0 spiro atoms. The van der Waals surface area contributed by atoms with Gasteiger partial charge in [-0.1, -0.05) is 49.3 Å². The van der Waals surface area contributed by atoms with E-state index in [1.807, 2.05) is 36.5 Å². The summed E-state index contributed by atoms with van der Waals surface area (Å²) < 4.78 is 2.15. The van der Waals surface area contributed by atoms with E-state index in [0.717, 1.165) is 12.2 Å². The molecule has 0 amide bonds. The Hall–Kier alpha value is -2.19. The molecule has 1 atom stereocenters. The van der Waals surface area contributed by atoms with Gasteiger partial charge in [-0.05, 0) is 29.1 Å². The Morgan fingerprint density at radius 1 is 1.16 bits per heavy atom. The average Bonchev–Trinajstić information content (AvgIpc) is 2.84. The summed E-state index contributed by atoms with van der Waals surface area (Å²) in [5.74, 6) is 0.278. The molecule has 0 aliphatic rings. The third-order valence-electron chi connectivity index (χ3n) is 3.17. The van der Waals surface area contributed by atoms with Crippen molar-refractivity contribution < 1.29 is 0 Å². The number of benzene rings is 1. The van der Waals surface area contributed by atoms with Crippen molar-refractivity contribution in [2.45, 2.75) is 26.4 Å². The van der Waals surface area contributed by atoms with E-state index in [1.54, 1.807) is 0 Å². The molecule has 0 saturated heterocycles. The Morgan fingerprint density at radius 2 is 1.89 bits per heavy atom. The molecule has 19 heavy (non-hydrogen) atoms. The van der Waals surface area contributed by atoms with Crippen LogP contribution < -0.4 is 0 Å². The SMILES string of the molecule is CC(C)C(N=[N+]=[N-])c1cccn1Cc1ccccc1. The van der Waals surface area contributed by atoms with Crippen molar-refractivity contribution >= 4 is 0 Å². The fourth-order valence-electron chi connectivity index (χ4n) is 2.21. The molecule has 0 radical (unpaired) electrons. The Kier molecular flexibility index (Phi) is 4.26. The minimum Gasteiger partial charge on any atom is -0.347 e. The molecule has 0 aliphatic heterocycles. The van der Waals surface area contributed by atoms with Crippen molar-refractivity contribution in [2.24, 2.45) is 11.0 Å². The first-order chi connectivity index (χ1) is 9.22. The van der Waals surface area contributed by atoms with Crippen LogP contribution in [-0.4, -0.2) is 4.57 Å². The van der Waals surface area contributed by atoms with Crippen molar-refractivity contribution in [3.8, 4) is 0 Å². The van der Waals surface area contributed by atoms with Crippen molar-refractivity contribution in [3.05, 3.63) is 70.4 Å². The fourth-order valence-corrected chi connectivity index (χ4v) is 2.21. The molecule has 98 valence electrons. The highest BCUT2D eigenvalue weighted by Gasteiger charge is 2.17. The summed E-state index contributed by atoms with van der Waals surface area (Å²) in [5, 5.41) is 3.93. The summed E-state index contributed by atoms with van der Waals surface area (Å²) in [5.41, 5.74) is 11.0. The maximum atomic E-state index is 8.71. The van der Waals surface area contributed by atoms with Gasteiger partial charge in [0.1, 0.15) is 0 Å². The molecule has 0 aliphatic carbocycles. The van der Waals surface area contributed by atoms with E-state index in [2.05, 4.69) is 40.6 Å². The number of azide groups is 1. The lowest BCUT2D eigenvalue weighted by Gasteiger charge is -2.18. The van der Waals surface area contributed by atoms with E-state index in [9.17, 15) is 0 Å². The quantitative estimate of drug-likeness (QED) is 0.427. The number of hydrogen-bond donors (Lipinski definition) is 0. The number of aromatic nitrogens is 1. The lowest BCUT2D eigenvalue weighted by atomic mass is 10.0. The summed E-state index contributed by atoms with van der Waals surface area (Å²) >= 11 is 0. The first kappa shape index (κ1) is 13.2. The van der Waals surface area contributed by atoms with Gasteiger partial charge in [0.25, 0.3) is 0 Å². The van der Waals surface area contributed by atoms with Crippen LogP contribution in [0.15, 0.2) is 53.8 Å². The molecular weight excluding hydrogens is 236 g/mol. The van der Waals surface area contributed by atoms with Crippen molar-refractivity contribution in [1.82, 2.24) is 4.57 Å². The minimum absolute atomic E-state index is 0.122. The lowest BCUT2D eigenvalue weighted by molar-refractivity contribution is 0.483. The highest BCUT2D eigenvalue weighted by atomic mass is 15.2. The Labute approximate surface area is 113 Å². The van der Waals surface area contributed by atoms with E-state index < -0.39 is 0 Å². The number of rotatable bonds is 5. The Bertz CT molecular complexity index is 565. The summed E-state index contributed by atoms with van der Waals surface area (Å²) in [6.45, 7) is 4.94. The van der Waals surface area contributed by atoms with Crippen molar-refractivity contribution in [2.75, 3.05) is 0 Å². The van der Waals surface area contributed by atoms with Gasteiger partial charge < -0.3 is 4.57 Å². The third-order valence-corrected chi connectivity index (χ3v) is 3.17. The third kappa shape index (κ3) is 3.18. The zero-order chi connectivity index (χ0) is 13.7. The van der Waals surface area contributed by atoms with Crippen LogP contribution in [0.4, 0.5) is 0 Å². The molecule has 2 rings (SSSR count). The van der Waals surface area contributed by atoms with Crippen LogP contribution in [0.2, 0.25) is 0 Å². The van der Waals surface area contributed by atoms with Crippen LogP contribution in [0.25, 0.3) is 10.4 Å². The van der Waals surface area contributed by atoms with Gasteiger partial charge >= 0.3 is 0 Å². The molecule has 0 fully saturated rings. The fraction of sp³-hybridized carbons (Fsp3) is 0.333. The zero-order valence-electron chi connectivity index (χ0n) is 11.3. The molecule has 0 bridgehead atoms. The first-order valence-corrected chi connectivity index (χ1v) is 6.45. The monoisotopic (exact) mass is 254 g/mol. The van der Waals surface area contributed by atoms with Crippen LogP contribution in [0.5, 0.6) is 0 Å². The maximum absolute atomic E-state index is 8.71. The normalized spacial score (nSPS) is 12.2. The summed E-state index contributed by atoms with van der Waals surface area (Å²) in [7, 11) is 0. The van der Waals surface area contributed by atoms with E-state index in [0.29, 0.717) is 0 Å². The minimum atomic E-state index is -0.122. The van der Waals surface area contributed by atoms with Gasteiger partial charge in [-0.25, -0.2) is 0 Å². The molecule has 4 heteroatoms. The van der Waals surface area contributed by atoms with Gasteiger partial charge in [0.2, 0.25) is 0 Å². The molecule has 1 aromatic carbocycles. The summed E-state index contributed by atoms with van der Waals surface area (Å²) in [4.78, 5) is 2.97. The second-order valence-electron chi connectivity index (χ2n) is 4.94. The standard InChI is InChI=1S/C15H18N4/c1-12(2)15(17-18-16)14-9-6-10-19(14)11-13-7-4-3-5-8-13/h3-10,12,15H,11H2,1-2H3. The van der Waals surface area contributed by atoms with Crippen LogP contribution in [0.1, 0.15) is 31.1 Å². The van der Waals surface area contributed by atoms with E-state index in [4.69, 9.17) is 5.53 Å². The number of nitrogens with zero attached hydrogens (tertiary/aromatic N) is 4. The predicted octanol–water partition coefficient (Wildman–Crippen LogP) is 4.54. The molecule has 4 nitrogen and oxygen atoms in total. The van der Waals surface area contributed by atoms with Crippen LogP contribution in [0.3, 0.4) is 0 Å². The summed E-state index contributed by atoms with van der Waals surface area (Å²) in [6, 6.07) is 14.2. The molecule has 0 saturated carbocycles. The highest BCUT2D eigenvalue weighted by molar-refractivity contribution is 5.19. The Morgan fingerprint density at radius 3 is 2.53 bits per heavy atom.